The van der Waals surface area contributed by atoms with Crippen molar-refractivity contribution in [2.75, 3.05) is 5.75 Å². The van der Waals surface area contributed by atoms with Crippen LogP contribution in [0.1, 0.15) is 51.3 Å². The summed E-state index contributed by atoms with van der Waals surface area (Å²) in [6.45, 7) is 10.7. The minimum absolute atomic E-state index is 0.0855. The highest BCUT2D eigenvalue weighted by molar-refractivity contribution is 8.13. The number of rotatable bonds is 4. The number of benzene rings is 1. The molecule has 1 aromatic rings. The molecule has 0 atom stereocenters. The number of hydrogen-bond acceptors (Lipinski definition) is 4. The fraction of sp³-hybridized carbons (Fsp3) is 0.526. The molecule has 8 heteroatoms. The molecular formula is C19H24BF3O3S. The van der Waals surface area contributed by atoms with E-state index in [0.717, 1.165) is 23.9 Å². The first-order valence-corrected chi connectivity index (χ1v) is 9.58. The molecule has 0 amide bonds. The van der Waals surface area contributed by atoms with Crippen LogP contribution in [0.2, 0.25) is 0 Å². The monoisotopic (exact) mass is 400 g/mol. The summed E-state index contributed by atoms with van der Waals surface area (Å²) in [5.74, 6) is 0.279. The van der Waals surface area contributed by atoms with Gasteiger partial charge in [-0.15, -0.1) is 0 Å². The first kappa shape index (κ1) is 22.0. The molecule has 3 nitrogen and oxygen atoms in total. The lowest BCUT2D eigenvalue weighted by molar-refractivity contribution is -0.137. The van der Waals surface area contributed by atoms with Crippen molar-refractivity contribution in [3.05, 3.63) is 40.4 Å². The number of thioether (sulfide) groups is 1. The smallest absolute Gasteiger partial charge is 0.400 e. The fourth-order valence-corrected chi connectivity index (χ4v) is 3.22. The number of hydrogen-bond donors (Lipinski definition) is 0. The third-order valence-corrected chi connectivity index (χ3v) is 5.66. The van der Waals surface area contributed by atoms with Crippen LogP contribution in [-0.4, -0.2) is 29.2 Å². The van der Waals surface area contributed by atoms with E-state index in [1.165, 1.54) is 6.92 Å². The maximum absolute atomic E-state index is 13.1. The highest BCUT2D eigenvalue weighted by atomic mass is 32.2. The summed E-state index contributed by atoms with van der Waals surface area (Å²) in [4.78, 5) is 11.4. The van der Waals surface area contributed by atoms with Gasteiger partial charge in [0.1, 0.15) is 0 Å². The second kappa shape index (κ2) is 7.64. The molecule has 148 valence electrons. The van der Waals surface area contributed by atoms with Crippen molar-refractivity contribution in [2.45, 2.75) is 58.9 Å². The summed E-state index contributed by atoms with van der Waals surface area (Å²) in [5.41, 5.74) is -0.350. The zero-order valence-electron chi connectivity index (χ0n) is 16.4. The van der Waals surface area contributed by atoms with Crippen molar-refractivity contribution in [1.29, 1.82) is 0 Å². The van der Waals surface area contributed by atoms with Gasteiger partial charge in [0.15, 0.2) is 5.12 Å². The van der Waals surface area contributed by atoms with Crippen molar-refractivity contribution in [3.8, 4) is 0 Å². The Balaban J connectivity index is 2.43. The van der Waals surface area contributed by atoms with E-state index in [9.17, 15) is 18.0 Å². The van der Waals surface area contributed by atoms with Gasteiger partial charge in [-0.2, -0.15) is 13.2 Å². The molecule has 0 spiro atoms. The number of alkyl halides is 3. The molecule has 0 saturated carbocycles. The van der Waals surface area contributed by atoms with E-state index in [4.69, 9.17) is 9.31 Å². The Morgan fingerprint density at radius 2 is 1.70 bits per heavy atom. The number of halogens is 3. The van der Waals surface area contributed by atoms with Gasteiger partial charge in [0, 0.05) is 12.7 Å². The average Bonchev–Trinajstić information content (AvgIpc) is 2.70. The number of aryl methyl sites for hydroxylation is 1. The zero-order valence-corrected chi connectivity index (χ0v) is 17.2. The van der Waals surface area contributed by atoms with E-state index >= 15 is 0 Å². The van der Waals surface area contributed by atoms with E-state index in [2.05, 4.69) is 0 Å². The molecular weight excluding hydrogens is 376 g/mol. The number of carbonyl (C=O) groups is 1. The van der Waals surface area contributed by atoms with Crippen LogP contribution in [0, 0.1) is 6.92 Å². The predicted octanol–water partition coefficient (Wildman–Crippen LogP) is 5.31. The lowest BCUT2D eigenvalue weighted by Gasteiger charge is -2.32. The highest BCUT2D eigenvalue weighted by Gasteiger charge is 2.52. The first-order chi connectivity index (χ1) is 12.2. The van der Waals surface area contributed by atoms with Crippen LogP contribution in [0.4, 0.5) is 13.2 Å². The molecule has 0 aromatic heterocycles. The molecule has 0 bridgehead atoms. The van der Waals surface area contributed by atoms with E-state index in [0.29, 0.717) is 16.6 Å². The van der Waals surface area contributed by atoms with Gasteiger partial charge in [0.05, 0.1) is 16.8 Å². The topological polar surface area (TPSA) is 35.5 Å². The second-order valence-electron chi connectivity index (χ2n) is 7.72. The third-order valence-electron chi connectivity index (χ3n) is 4.78. The molecule has 1 saturated heterocycles. The molecule has 0 aliphatic carbocycles. The Bertz CT molecular complexity index is 741. The minimum Gasteiger partial charge on any atom is -0.400 e. The Labute approximate surface area is 162 Å². The van der Waals surface area contributed by atoms with Gasteiger partial charge in [0.25, 0.3) is 0 Å². The van der Waals surface area contributed by atoms with Gasteiger partial charge in [-0.05, 0) is 63.4 Å². The van der Waals surface area contributed by atoms with Crippen molar-refractivity contribution in [2.24, 2.45) is 0 Å². The van der Waals surface area contributed by atoms with Gasteiger partial charge in [0.2, 0.25) is 0 Å². The van der Waals surface area contributed by atoms with Gasteiger partial charge >= 0.3 is 13.3 Å². The maximum atomic E-state index is 13.1. The summed E-state index contributed by atoms with van der Waals surface area (Å²) < 4.78 is 51.4. The third kappa shape index (κ3) is 5.39. The predicted molar refractivity (Wildman–Crippen MR) is 103 cm³/mol. The lowest BCUT2D eigenvalue weighted by atomic mass is 9.78. The molecule has 2 rings (SSSR count). The van der Waals surface area contributed by atoms with E-state index in [1.54, 1.807) is 19.1 Å². The molecule has 1 fully saturated rings. The maximum Gasteiger partial charge on any atom is 0.491 e. The van der Waals surface area contributed by atoms with Crippen molar-refractivity contribution in [1.82, 2.24) is 0 Å². The van der Waals surface area contributed by atoms with Crippen LogP contribution >= 0.6 is 11.8 Å². The normalized spacial score (nSPS) is 19.4. The van der Waals surface area contributed by atoms with Gasteiger partial charge < -0.3 is 9.31 Å². The zero-order chi connectivity index (χ0) is 20.6. The largest absolute Gasteiger partial charge is 0.491 e. The van der Waals surface area contributed by atoms with Gasteiger partial charge in [-0.25, -0.2) is 0 Å². The quantitative estimate of drug-likeness (QED) is 0.642. The van der Waals surface area contributed by atoms with Crippen LogP contribution < -0.4 is 0 Å². The molecule has 0 radical (unpaired) electrons. The molecule has 1 heterocycles. The summed E-state index contributed by atoms with van der Waals surface area (Å²) in [7, 11) is -0.725. The molecule has 1 aliphatic heterocycles. The number of carbonyl (C=O) groups excluding carboxylic acids is 1. The summed E-state index contributed by atoms with van der Waals surface area (Å²) in [6.07, 6.45) is -2.80. The van der Waals surface area contributed by atoms with Crippen molar-refractivity contribution < 1.29 is 27.3 Å². The molecule has 1 aromatic carbocycles. The summed E-state index contributed by atoms with van der Waals surface area (Å²) >= 11 is 1.07. The van der Waals surface area contributed by atoms with Crippen molar-refractivity contribution in [3.63, 3.8) is 0 Å². The second-order valence-corrected chi connectivity index (χ2v) is 8.87. The molecule has 1 aliphatic rings. The fourth-order valence-electron chi connectivity index (χ4n) is 2.63. The van der Waals surface area contributed by atoms with Crippen LogP contribution in [0.25, 0.3) is 6.08 Å². The van der Waals surface area contributed by atoms with Crippen LogP contribution in [-0.2, 0) is 20.3 Å². The Morgan fingerprint density at radius 1 is 1.15 bits per heavy atom. The Kier molecular flexibility index (Phi) is 6.24. The lowest BCUT2D eigenvalue weighted by Crippen LogP contribution is -2.41. The van der Waals surface area contributed by atoms with Crippen molar-refractivity contribution >= 4 is 30.1 Å². The van der Waals surface area contributed by atoms with Gasteiger partial charge in [-0.3, -0.25) is 4.79 Å². The average molecular weight is 400 g/mol. The van der Waals surface area contributed by atoms with Crippen LogP contribution in [0.3, 0.4) is 0 Å². The minimum atomic E-state index is -4.42. The Hall–Kier alpha value is -1.25. The van der Waals surface area contributed by atoms with E-state index < -0.39 is 30.1 Å². The Morgan fingerprint density at radius 3 is 2.19 bits per heavy atom. The first-order valence-electron chi connectivity index (χ1n) is 8.60. The molecule has 0 N–H and O–H groups in total. The molecule has 0 unspecified atom stereocenters. The highest BCUT2D eigenvalue weighted by Crippen LogP contribution is 2.39. The van der Waals surface area contributed by atoms with E-state index in [-0.39, 0.29) is 10.9 Å². The van der Waals surface area contributed by atoms with Gasteiger partial charge in [-0.1, -0.05) is 23.9 Å². The SMILES string of the molecule is CC(=O)SCC(=Cc1cc(C)cc(C(F)(F)F)c1)B1OC(C)(C)C(C)(C)O1. The summed E-state index contributed by atoms with van der Waals surface area (Å²) in [6, 6.07) is 3.87. The molecule has 27 heavy (non-hydrogen) atoms. The van der Waals surface area contributed by atoms with Crippen LogP contribution in [0.15, 0.2) is 23.7 Å². The standard InChI is InChI=1S/C19H24BF3O3S/c1-12-7-14(9-15(8-12)19(21,22)23)10-16(11-27-13(2)24)20-25-17(3,4)18(5,6)26-20/h7-10H,11H2,1-6H3. The van der Waals surface area contributed by atoms with E-state index in [1.807, 2.05) is 27.7 Å². The summed E-state index contributed by atoms with van der Waals surface area (Å²) in [5, 5.41) is -0.0855. The van der Waals surface area contributed by atoms with Crippen LogP contribution in [0.5, 0.6) is 0 Å².